The lowest BCUT2D eigenvalue weighted by atomic mass is 9.98. The zero-order valence-electron chi connectivity index (χ0n) is 16.4. The number of hydrogen-bond donors (Lipinski definition) is 0. The van der Waals surface area contributed by atoms with Crippen LogP contribution in [0.5, 0.6) is 0 Å². The van der Waals surface area contributed by atoms with E-state index in [9.17, 15) is 9.59 Å². The summed E-state index contributed by atoms with van der Waals surface area (Å²) in [6.45, 7) is 1.83. The number of hydrogen-bond acceptors (Lipinski definition) is 6. The molecule has 0 fully saturated rings. The van der Waals surface area contributed by atoms with Crippen LogP contribution in [-0.2, 0) is 0 Å². The predicted molar refractivity (Wildman–Crippen MR) is 120 cm³/mol. The van der Waals surface area contributed by atoms with Gasteiger partial charge in [0.05, 0.1) is 17.0 Å². The quantitative estimate of drug-likeness (QED) is 0.378. The Morgan fingerprint density at radius 1 is 0.903 bits per heavy atom. The first-order chi connectivity index (χ1) is 15.1. The molecule has 1 aliphatic rings. The highest BCUT2D eigenvalue weighted by Gasteiger charge is 2.45. The molecule has 1 unspecified atom stereocenters. The largest absolute Gasteiger partial charge is 0.450 e. The van der Waals surface area contributed by atoms with Crippen LogP contribution in [0.25, 0.3) is 21.7 Å². The number of aryl methyl sites for hydroxylation is 1. The van der Waals surface area contributed by atoms with Crippen molar-refractivity contribution in [3.63, 3.8) is 0 Å². The molecule has 2 aromatic heterocycles. The summed E-state index contributed by atoms with van der Waals surface area (Å²) in [7, 11) is 0. The minimum absolute atomic E-state index is 0.0653. The van der Waals surface area contributed by atoms with Gasteiger partial charge in [0.15, 0.2) is 5.43 Å². The highest BCUT2D eigenvalue weighted by atomic mass is 32.1. The number of aromatic nitrogens is 2. The second-order valence-corrected chi connectivity index (χ2v) is 8.59. The summed E-state index contributed by atoms with van der Waals surface area (Å²) in [5, 5.41) is 11.6. The fourth-order valence-corrected chi connectivity index (χ4v) is 4.95. The van der Waals surface area contributed by atoms with Crippen LogP contribution in [0.3, 0.4) is 0 Å². The van der Waals surface area contributed by atoms with Crippen LogP contribution in [0.15, 0.2) is 75.9 Å². The van der Waals surface area contributed by atoms with Gasteiger partial charge in [0.1, 0.15) is 10.6 Å². The first-order valence-corrected chi connectivity index (χ1v) is 10.6. The van der Waals surface area contributed by atoms with Gasteiger partial charge in [-0.2, -0.15) is 0 Å². The van der Waals surface area contributed by atoms with E-state index in [1.807, 2.05) is 67.6 Å². The number of amides is 1. The summed E-state index contributed by atoms with van der Waals surface area (Å²) in [5.74, 6) is -0.317. The lowest BCUT2D eigenvalue weighted by molar-refractivity contribution is 0.0971. The van der Waals surface area contributed by atoms with Crippen molar-refractivity contribution in [1.82, 2.24) is 10.2 Å². The van der Waals surface area contributed by atoms with Crippen molar-refractivity contribution >= 4 is 44.1 Å². The molecule has 0 saturated heterocycles. The fraction of sp³-hybridized carbons (Fsp3) is 0.0833. The molecular formula is C24H15N3O3S. The van der Waals surface area contributed by atoms with Gasteiger partial charge in [0, 0.05) is 5.39 Å². The zero-order valence-corrected chi connectivity index (χ0v) is 17.2. The van der Waals surface area contributed by atoms with Crippen molar-refractivity contribution in [2.24, 2.45) is 0 Å². The Balaban J connectivity index is 1.70. The molecule has 1 aliphatic heterocycles. The van der Waals surface area contributed by atoms with E-state index in [0.717, 1.165) is 21.3 Å². The maximum atomic E-state index is 13.7. The van der Waals surface area contributed by atoms with Crippen molar-refractivity contribution in [2.75, 3.05) is 4.90 Å². The third-order valence-electron chi connectivity index (χ3n) is 5.60. The van der Waals surface area contributed by atoms with Gasteiger partial charge >= 0.3 is 0 Å². The summed E-state index contributed by atoms with van der Waals surface area (Å²) >= 11 is 1.31. The lowest BCUT2D eigenvalue weighted by Gasteiger charge is -2.21. The number of carbonyl (C=O) groups is 1. The second-order valence-electron chi connectivity index (χ2n) is 7.43. The fourth-order valence-electron chi connectivity index (χ4n) is 4.23. The Labute approximate surface area is 180 Å². The molecule has 7 heteroatoms. The maximum Gasteiger partial charge on any atom is 0.297 e. The van der Waals surface area contributed by atoms with Gasteiger partial charge in [-0.25, -0.2) is 0 Å². The average Bonchev–Trinajstić information content (AvgIpc) is 3.35. The van der Waals surface area contributed by atoms with E-state index < -0.39 is 6.04 Å². The molecule has 0 N–H and O–H groups in total. The van der Waals surface area contributed by atoms with Crippen LogP contribution in [0.1, 0.15) is 32.7 Å². The molecule has 0 aliphatic carbocycles. The molecule has 3 aromatic carbocycles. The molecule has 6 nitrogen and oxygen atoms in total. The first kappa shape index (κ1) is 18.0. The number of nitrogens with zero attached hydrogens (tertiary/aromatic N) is 3. The van der Waals surface area contributed by atoms with Crippen molar-refractivity contribution in [3.05, 3.63) is 98.8 Å². The van der Waals surface area contributed by atoms with Gasteiger partial charge in [-0.15, -0.1) is 10.2 Å². The minimum atomic E-state index is -0.622. The van der Waals surface area contributed by atoms with Crippen molar-refractivity contribution < 1.29 is 9.21 Å². The molecule has 6 rings (SSSR count). The molecule has 0 radical (unpaired) electrons. The molecule has 1 amide bonds. The van der Waals surface area contributed by atoms with Crippen LogP contribution in [0.4, 0.5) is 5.13 Å². The van der Waals surface area contributed by atoms with Crippen LogP contribution in [0.2, 0.25) is 0 Å². The summed E-state index contributed by atoms with van der Waals surface area (Å²) in [6, 6.07) is 20.2. The van der Waals surface area contributed by atoms with E-state index in [1.54, 1.807) is 6.07 Å². The normalized spacial score (nSPS) is 15.7. The van der Waals surface area contributed by atoms with Crippen LogP contribution in [-0.4, -0.2) is 16.1 Å². The van der Waals surface area contributed by atoms with E-state index in [1.165, 1.54) is 16.2 Å². The molecular weight excluding hydrogens is 410 g/mol. The summed E-state index contributed by atoms with van der Waals surface area (Å²) in [4.78, 5) is 28.8. The van der Waals surface area contributed by atoms with Gasteiger partial charge in [-0.1, -0.05) is 72.0 Å². The topological polar surface area (TPSA) is 76.3 Å². The second kappa shape index (κ2) is 6.58. The van der Waals surface area contributed by atoms with E-state index in [-0.39, 0.29) is 17.1 Å². The Morgan fingerprint density at radius 3 is 2.45 bits per heavy atom. The van der Waals surface area contributed by atoms with Crippen LogP contribution >= 0.6 is 11.3 Å². The first-order valence-electron chi connectivity index (χ1n) is 9.80. The van der Waals surface area contributed by atoms with Gasteiger partial charge in [0.25, 0.3) is 5.91 Å². The highest BCUT2D eigenvalue weighted by Crippen LogP contribution is 2.42. The molecule has 31 heavy (non-hydrogen) atoms. The van der Waals surface area contributed by atoms with Crippen LogP contribution < -0.4 is 10.3 Å². The van der Waals surface area contributed by atoms with Gasteiger partial charge in [0.2, 0.25) is 10.9 Å². The molecule has 150 valence electrons. The summed E-state index contributed by atoms with van der Waals surface area (Å²) < 4.78 is 6.19. The van der Waals surface area contributed by atoms with E-state index in [0.29, 0.717) is 21.7 Å². The SMILES string of the molecule is Cc1nnc(N2C(=O)c3oc4c(ccc5ccccc54)c(=O)c3C2c2ccccc2)s1. The van der Waals surface area contributed by atoms with Gasteiger partial charge in [-0.05, 0) is 23.9 Å². The van der Waals surface area contributed by atoms with Gasteiger partial charge < -0.3 is 4.42 Å². The summed E-state index contributed by atoms with van der Waals surface area (Å²) in [6.07, 6.45) is 0. The van der Waals surface area contributed by atoms with E-state index >= 15 is 0 Å². The maximum absolute atomic E-state index is 13.7. The Bertz CT molecular complexity index is 1560. The molecule has 5 aromatic rings. The highest BCUT2D eigenvalue weighted by molar-refractivity contribution is 7.15. The number of benzene rings is 3. The molecule has 0 saturated carbocycles. The number of fused-ring (bicyclic) bond motifs is 4. The number of rotatable bonds is 2. The van der Waals surface area contributed by atoms with Crippen molar-refractivity contribution in [3.8, 4) is 0 Å². The average molecular weight is 425 g/mol. The Hall–Kier alpha value is -3.84. The zero-order chi connectivity index (χ0) is 21.1. The smallest absolute Gasteiger partial charge is 0.297 e. The molecule has 1 atom stereocenters. The predicted octanol–water partition coefficient (Wildman–Crippen LogP) is 4.86. The van der Waals surface area contributed by atoms with E-state index in [4.69, 9.17) is 4.42 Å². The standard InChI is InChI=1S/C24H15N3O3S/c1-13-25-26-24(31-13)27-19(15-8-3-2-4-9-15)18-20(28)17-12-11-14-7-5-6-10-16(14)21(17)30-22(18)23(27)29/h2-12,19H,1H3. The minimum Gasteiger partial charge on any atom is -0.450 e. The summed E-state index contributed by atoms with van der Waals surface area (Å²) in [5.41, 5.74) is 1.38. The van der Waals surface area contributed by atoms with Crippen LogP contribution in [0, 0.1) is 6.92 Å². The van der Waals surface area contributed by atoms with Crippen molar-refractivity contribution in [1.29, 1.82) is 0 Å². The number of anilines is 1. The molecule has 3 heterocycles. The Morgan fingerprint density at radius 2 is 1.68 bits per heavy atom. The third-order valence-corrected chi connectivity index (χ3v) is 6.44. The van der Waals surface area contributed by atoms with Gasteiger partial charge in [-0.3, -0.25) is 14.5 Å². The van der Waals surface area contributed by atoms with E-state index in [2.05, 4.69) is 10.2 Å². The third kappa shape index (κ3) is 2.56. The number of carbonyl (C=O) groups excluding carboxylic acids is 1. The molecule has 0 spiro atoms. The Kier molecular flexibility index (Phi) is 3.82. The molecule has 0 bridgehead atoms. The van der Waals surface area contributed by atoms with Crippen molar-refractivity contribution in [2.45, 2.75) is 13.0 Å². The lowest BCUT2D eigenvalue weighted by Crippen LogP contribution is -2.29. The monoisotopic (exact) mass is 425 g/mol.